The van der Waals surface area contributed by atoms with E-state index >= 15 is 0 Å². The third-order valence-corrected chi connectivity index (χ3v) is 5.63. The van der Waals surface area contributed by atoms with Crippen molar-refractivity contribution in [3.63, 3.8) is 0 Å². The summed E-state index contributed by atoms with van der Waals surface area (Å²) in [7, 11) is -22.6. The number of hydrogen-bond donors (Lipinski definition) is 6. The molecule has 0 aliphatic heterocycles. The molecule has 21 heteroatoms. The first-order valence-corrected chi connectivity index (χ1v) is 9.08. The predicted octanol–water partition coefficient (Wildman–Crippen LogP) is -12.1. The molecule has 0 aromatic rings. The van der Waals surface area contributed by atoms with Crippen LogP contribution in [-0.2, 0) is 31.2 Å². The summed E-state index contributed by atoms with van der Waals surface area (Å²) in [5, 5.41) is 0. The SMILES string of the molecule is O=P(O)(O)OP(=O)(O)OP(=O)(O)OP(=O)(O)O.[H-].[H-].[H-].[H-].[K+].[K+].[K+].[K+]. The Bertz CT molecular complexity index is 433. The van der Waals surface area contributed by atoms with Crippen LogP contribution in [0.2, 0.25) is 0 Å². The van der Waals surface area contributed by atoms with Gasteiger partial charge in [-0.05, 0) is 0 Å². The summed E-state index contributed by atoms with van der Waals surface area (Å²) >= 11 is 0. The van der Waals surface area contributed by atoms with E-state index in [-0.39, 0.29) is 211 Å². The van der Waals surface area contributed by atoms with E-state index in [9.17, 15) is 18.3 Å². The number of hydrogen-bond acceptors (Lipinski definition) is 7. The van der Waals surface area contributed by atoms with E-state index in [4.69, 9.17) is 29.4 Å². The topological polar surface area (TPSA) is 217 Å². The van der Waals surface area contributed by atoms with E-state index in [2.05, 4.69) is 12.9 Å². The Morgan fingerprint density at radius 1 is 0.524 bits per heavy atom. The van der Waals surface area contributed by atoms with Crippen molar-refractivity contribution in [1.29, 1.82) is 0 Å². The molecular weight excluding hydrogens is 488 g/mol. The maximum atomic E-state index is 10.7. The quantitative estimate of drug-likeness (QED) is 0.148. The van der Waals surface area contributed by atoms with Gasteiger partial charge in [-0.25, -0.2) is 18.3 Å². The largest absolute Gasteiger partial charge is 1.00 e. The molecule has 0 fully saturated rings. The van der Waals surface area contributed by atoms with Crippen LogP contribution in [0.1, 0.15) is 5.71 Å². The van der Waals surface area contributed by atoms with Crippen molar-refractivity contribution < 1.29 is 272 Å². The molecule has 0 radical (unpaired) electrons. The van der Waals surface area contributed by atoms with Crippen LogP contribution in [0.25, 0.3) is 0 Å². The van der Waals surface area contributed by atoms with Gasteiger partial charge in [-0.15, -0.1) is 0 Å². The van der Waals surface area contributed by atoms with Crippen molar-refractivity contribution in [3.05, 3.63) is 0 Å². The first-order valence-electron chi connectivity index (χ1n) is 3.03. The Hall–Kier alpha value is 7.11. The van der Waals surface area contributed by atoms with E-state index < -0.39 is 31.3 Å². The normalized spacial score (nSPS) is 16.7. The van der Waals surface area contributed by atoms with Gasteiger partial charge in [0.05, 0.1) is 0 Å². The smallest absolute Gasteiger partial charge is 1.00 e. The molecular formula is H10K4O13P4. The van der Waals surface area contributed by atoms with E-state index in [1.165, 1.54) is 0 Å². The van der Waals surface area contributed by atoms with Crippen molar-refractivity contribution in [2.24, 2.45) is 0 Å². The molecule has 2 atom stereocenters. The zero-order valence-corrected chi connectivity index (χ0v) is 27.4. The van der Waals surface area contributed by atoms with Gasteiger partial charge in [0.1, 0.15) is 0 Å². The van der Waals surface area contributed by atoms with E-state index in [1.807, 2.05) is 0 Å². The summed E-state index contributed by atoms with van der Waals surface area (Å²) in [6.45, 7) is 0. The monoisotopic (exact) mass is 498 g/mol. The van der Waals surface area contributed by atoms with Crippen LogP contribution in [-0.4, -0.2) is 29.4 Å². The summed E-state index contributed by atoms with van der Waals surface area (Å²) in [4.78, 5) is 49.4. The van der Waals surface area contributed by atoms with Gasteiger partial charge >= 0.3 is 237 Å². The molecule has 0 aromatic heterocycles. The van der Waals surface area contributed by atoms with Gasteiger partial charge in [-0.1, -0.05) is 0 Å². The number of rotatable bonds is 6. The van der Waals surface area contributed by atoms with Crippen LogP contribution >= 0.6 is 31.3 Å². The van der Waals surface area contributed by atoms with Crippen LogP contribution < -0.4 is 206 Å². The van der Waals surface area contributed by atoms with E-state index in [0.717, 1.165) is 0 Å². The molecule has 6 N–H and O–H groups in total. The molecule has 0 spiro atoms. The molecule has 0 heterocycles. The minimum Gasteiger partial charge on any atom is -1.00 e. The van der Waals surface area contributed by atoms with Gasteiger partial charge in [0.15, 0.2) is 0 Å². The van der Waals surface area contributed by atoms with Gasteiger partial charge in [-0.3, -0.25) is 0 Å². The summed E-state index contributed by atoms with van der Waals surface area (Å²) in [6, 6.07) is 0. The minimum absolute atomic E-state index is 0. The molecule has 0 aliphatic rings. The predicted molar refractivity (Wildman–Crippen MR) is 51.4 cm³/mol. The molecule has 0 aromatic carbocycles. The van der Waals surface area contributed by atoms with Gasteiger partial charge in [0.25, 0.3) is 0 Å². The molecule has 21 heavy (non-hydrogen) atoms. The summed E-state index contributed by atoms with van der Waals surface area (Å²) < 4.78 is 50.9. The van der Waals surface area contributed by atoms with Crippen LogP contribution in [0.15, 0.2) is 0 Å². The fourth-order valence-corrected chi connectivity index (χ4v) is 4.40. The fourth-order valence-electron chi connectivity index (χ4n) is 0.429. The standard InChI is InChI=1S/4K.H6O13P4.4H/c;;;;1-14(2,3)11-16(7,8)13-17(9,10)12-15(4,5)6;;;;/h;;;;(H,7,8)(H,9,10)(H2,1,2,3)(H2,4,5,6);;;;/q4*+1;;4*-1. The van der Waals surface area contributed by atoms with Gasteiger partial charge in [-0.2, -0.15) is 12.9 Å². The zero-order chi connectivity index (χ0) is 14.1. The van der Waals surface area contributed by atoms with Crippen LogP contribution in [0.5, 0.6) is 0 Å². The Morgan fingerprint density at radius 2 is 0.714 bits per heavy atom. The Kier molecular flexibility index (Phi) is 29.3. The molecule has 0 amide bonds. The molecule has 0 rings (SSSR count). The summed E-state index contributed by atoms with van der Waals surface area (Å²) in [5.41, 5.74) is 0. The fraction of sp³-hybridized carbons (Fsp3) is 0. The van der Waals surface area contributed by atoms with Crippen LogP contribution in [0.3, 0.4) is 0 Å². The summed E-state index contributed by atoms with van der Waals surface area (Å²) in [5.74, 6) is 0. The average Bonchev–Trinajstić information content (AvgIpc) is 1.65. The Balaban J connectivity index is -0.0000000457. The third-order valence-electron chi connectivity index (χ3n) is 0.625. The van der Waals surface area contributed by atoms with Crippen LogP contribution in [0, 0.1) is 0 Å². The molecule has 0 aliphatic carbocycles. The van der Waals surface area contributed by atoms with Crippen LogP contribution in [0.4, 0.5) is 0 Å². The van der Waals surface area contributed by atoms with Crippen molar-refractivity contribution in [1.82, 2.24) is 0 Å². The molecule has 0 saturated heterocycles. The van der Waals surface area contributed by atoms with Gasteiger partial charge in [0, 0.05) is 0 Å². The molecule has 13 nitrogen and oxygen atoms in total. The second kappa shape index (κ2) is 15.9. The number of phosphoric acid groups is 4. The van der Waals surface area contributed by atoms with Crippen molar-refractivity contribution in [2.75, 3.05) is 0 Å². The van der Waals surface area contributed by atoms with Gasteiger partial charge < -0.3 is 35.1 Å². The zero-order valence-electron chi connectivity index (χ0n) is 15.3. The third kappa shape index (κ3) is 27.1. The van der Waals surface area contributed by atoms with E-state index in [1.54, 1.807) is 0 Å². The Morgan fingerprint density at radius 3 is 0.857 bits per heavy atom. The second-order valence-electron chi connectivity index (χ2n) is 2.16. The Labute approximate surface area is 294 Å². The molecule has 2 unspecified atom stereocenters. The maximum Gasteiger partial charge on any atom is 1.00 e. The van der Waals surface area contributed by atoms with Crippen molar-refractivity contribution in [3.8, 4) is 0 Å². The second-order valence-corrected chi connectivity index (χ2v) is 7.96. The van der Waals surface area contributed by atoms with E-state index in [0.29, 0.717) is 0 Å². The van der Waals surface area contributed by atoms with Crippen molar-refractivity contribution in [2.45, 2.75) is 0 Å². The average molecular weight is 498 g/mol. The molecule has 0 saturated carbocycles. The minimum atomic E-state index is -5.77. The molecule has 112 valence electrons. The first-order chi connectivity index (χ1) is 7.12. The van der Waals surface area contributed by atoms with Crippen molar-refractivity contribution >= 4 is 31.3 Å². The molecule has 0 bridgehead atoms. The first kappa shape index (κ1) is 38.7. The summed E-state index contributed by atoms with van der Waals surface area (Å²) in [6.07, 6.45) is 0. The maximum absolute atomic E-state index is 10.7. The van der Waals surface area contributed by atoms with Gasteiger partial charge in [0.2, 0.25) is 0 Å².